The van der Waals surface area contributed by atoms with E-state index >= 15 is 0 Å². The Labute approximate surface area is 112 Å². The molecule has 2 rings (SSSR count). The first kappa shape index (κ1) is 14.5. The third-order valence-electron chi connectivity index (χ3n) is 3.06. The van der Waals surface area contributed by atoms with Crippen molar-refractivity contribution < 1.29 is 4.79 Å². The van der Waals surface area contributed by atoms with Gasteiger partial charge in [0.05, 0.1) is 6.42 Å². The molecule has 2 heterocycles. The molecule has 1 amide bonds. The lowest BCUT2D eigenvalue weighted by molar-refractivity contribution is -0.122. The maximum atomic E-state index is 11.9. The molecule has 5 heteroatoms. The minimum absolute atomic E-state index is 0. The van der Waals surface area contributed by atoms with Gasteiger partial charge in [0.2, 0.25) is 5.91 Å². The number of rotatable bonds is 3. The molecular weight excluding hydrogens is 256 g/mol. The zero-order valence-electron chi connectivity index (χ0n) is 9.99. The number of nitrogens with one attached hydrogen (secondary N) is 2. The summed E-state index contributed by atoms with van der Waals surface area (Å²) in [7, 11) is 0. The number of hydrogen-bond donors (Lipinski definition) is 2. The van der Waals surface area contributed by atoms with Crippen LogP contribution in [0.15, 0.2) is 17.5 Å². The smallest absolute Gasteiger partial charge is 0.225 e. The van der Waals surface area contributed by atoms with E-state index in [-0.39, 0.29) is 23.9 Å². The average Bonchev–Trinajstić information content (AvgIpc) is 2.70. The first-order chi connectivity index (χ1) is 7.68. The Hall–Kier alpha value is -0.580. The monoisotopic (exact) mass is 274 g/mol. The molecule has 0 saturated carbocycles. The van der Waals surface area contributed by atoms with Gasteiger partial charge in [0, 0.05) is 10.4 Å². The Morgan fingerprint density at radius 2 is 2.24 bits per heavy atom. The fraction of sp³-hybridized carbons (Fsp3) is 0.583. The summed E-state index contributed by atoms with van der Waals surface area (Å²) in [5, 5.41) is 8.48. The van der Waals surface area contributed by atoms with Crippen LogP contribution in [0, 0.1) is 0 Å². The van der Waals surface area contributed by atoms with Gasteiger partial charge >= 0.3 is 0 Å². The highest BCUT2D eigenvalue weighted by atomic mass is 35.5. The topological polar surface area (TPSA) is 41.1 Å². The SMILES string of the molecule is CC1(NC(=O)Cc2cccs2)CCNCC1.Cl. The van der Waals surface area contributed by atoms with E-state index in [1.165, 1.54) is 0 Å². The molecule has 1 fully saturated rings. The van der Waals surface area contributed by atoms with E-state index in [1.807, 2.05) is 17.5 Å². The Morgan fingerprint density at radius 1 is 1.53 bits per heavy atom. The molecule has 1 aromatic heterocycles. The van der Waals surface area contributed by atoms with Crippen molar-refractivity contribution in [3.05, 3.63) is 22.4 Å². The van der Waals surface area contributed by atoms with Crippen LogP contribution in [0.2, 0.25) is 0 Å². The molecular formula is C12H19ClN2OS. The summed E-state index contributed by atoms with van der Waals surface area (Å²) in [4.78, 5) is 13.0. The molecule has 1 aliphatic rings. The van der Waals surface area contributed by atoms with Crippen LogP contribution in [0.1, 0.15) is 24.6 Å². The molecule has 0 unspecified atom stereocenters. The molecule has 0 radical (unpaired) electrons. The Morgan fingerprint density at radius 3 is 2.82 bits per heavy atom. The van der Waals surface area contributed by atoms with Gasteiger partial charge in [0.1, 0.15) is 0 Å². The predicted octanol–water partition coefficient (Wildman–Crippen LogP) is 1.97. The van der Waals surface area contributed by atoms with Crippen molar-refractivity contribution in [3.8, 4) is 0 Å². The highest BCUT2D eigenvalue weighted by molar-refractivity contribution is 7.10. The van der Waals surface area contributed by atoms with Gasteiger partial charge in [0.25, 0.3) is 0 Å². The van der Waals surface area contributed by atoms with Crippen molar-refractivity contribution in [1.82, 2.24) is 10.6 Å². The minimum atomic E-state index is -0.0143. The lowest BCUT2D eigenvalue weighted by atomic mass is 9.90. The summed E-state index contributed by atoms with van der Waals surface area (Å²) in [6, 6.07) is 3.99. The largest absolute Gasteiger partial charge is 0.351 e. The maximum absolute atomic E-state index is 11.9. The molecule has 0 bridgehead atoms. The first-order valence-electron chi connectivity index (χ1n) is 5.72. The van der Waals surface area contributed by atoms with E-state index < -0.39 is 0 Å². The van der Waals surface area contributed by atoms with Crippen molar-refractivity contribution in [2.45, 2.75) is 31.7 Å². The number of piperidine rings is 1. The van der Waals surface area contributed by atoms with Crippen LogP contribution in [0.4, 0.5) is 0 Å². The Kier molecular flexibility index (Phi) is 5.43. The Bertz CT molecular complexity index is 347. The molecule has 3 nitrogen and oxygen atoms in total. The molecule has 0 aliphatic carbocycles. The highest BCUT2D eigenvalue weighted by Gasteiger charge is 2.28. The van der Waals surface area contributed by atoms with Crippen molar-refractivity contribution in [2.24, 2.45) is 0 Å². The zero-order valence-corrected chi connectivity index (χ0v) is 11.6. The van der Waals surface area contributed by atoms with Crippen molar-refractivity contribution >= 4 is 29.7 Å². The van der Waals surface area contributed by atoms with Gasteiger partial charge < -0.3 is 10.6 Å². The van der Waals surface area contributed by atoms with Crippen LogP contribution in [-0.2, 0) is 11.2 Å². The van der Waals surface area contributed by atoms with Gasteiger partial charge in [-0.25, -0.2) is 0 Å². The quantitative estimate of drug-likeness (QED) is 0.885. The van der Waals surface area contributed by atoms with E-state index in [0.29, 0.717) is 6.42 Å². The van der Waals surface area contributed by atoms with Crippen LogP contribution < -0.4 is 10.6 Å². The summed E-state index contributed by atoms with van der Waals surface area (Å²) in [5.74, 6) is 0.145. The second-order valence-electron chi connectivity index (χ2n) is 4.61. The zero-order chi connectivity index (χ0) is 11.4. The molecule has 96 valence electrons. The lowest BCUT2D eigenvalue weighted by Gasteiger charge is -2.35. The van der Waals surface area contributed by atoms with Crippen LogP contribution >= 0.6 is 23.7 Å². The number of halogens is 1. The van der Waals surface area contributed by atoms with Gasteiger partial charge in [-0.15, -0.1) is 23.7 Å². The molecule has 1 aliphatic heterocycles. The maximum Gasteiger partial charge on any atom is 0.225 e. The number of hydrogen-bond acceptors (Lipinski definition) is 3. The highest BCUT2D eigenvalue weighted by Crippen LogP contribution is 2.17. The number of carbonyl (C=O) groups excluding carboxylic acids is 1. The van der Waals surface area contributed by atoms with Gasteiger partial charge in [-0.1, -0.05) is 6.07 Å². The van der Waals surface area contributed by atoms with E-state index in [2.05, 4.69) is 17.6 Å². The molecule has 0 aromatic carbocycles. The molecule has 1 aromatic rings. The minimum Gasteiger partial charge on any atom is -0.351 e. The average molecular weight is 275 g/mol. The van der Waals surface area contributed by atoms with Crippen LogP contribution in [0.3, 0.4) is 0 Å². The van der Waals surface area contributed by atoms with Crippen molar-refractivity contribution in [3.63, 3.8) is 0 Å². The summed E-state index contributed by atoms with van der Waals surface area (Å²) < 4.78 is 0. The number of carbonyl (C=O) groups is 1. The van der Waals surface area contributed by atoms with Crippen molar-refractivity contribution in [2.75, 3.05) is 13.1 Å². The normalized spacial score (nSPS) is 18.2. The Balaban J connectivity index is 0.00000144. The van der Waals surface area contributed by atoms with E-state index in [1.54, 1.807) is 11.3 Å². The van der Waals surface area contributed by atoms with Crippen LogP contribution in [-0.4, -0.2) is 24.5 Å². The molecule has 0 atom stereocenters. The van der Waals surface area contributed by atoms with Crippen LogP contribution in [0.25, 0.3) is 0 Å². The fourth-order valence-electron chi connectivity index (χ4n) is 2.06. The van der Waals surface area contributed by atoms with Crippen molar-refractivity contribution in [1.29, 1.82) is 0 Å². The standard InChI is InChI=1S/C12H18N2OS.ClH/c1-12(4-6-13-7-5-12)14-11(15)9-10-3-2-8-16-10;/h2-3,8,13H,4-7,9H2,1H3,(H,14,15);1H. The van der Waals surface area contributed by atoms with E-state index in [9.17, 15) is 4.79 Å². The number of thiophene rings is 1. The summed E-state index contributed by atoms with van der Waals surface area (Å²) in [6.07, 6.45) is 2.55. The molecule has 2 N–H and O–H groups in total. The third kappa shape index (κ3) is 4.30. The summed E-state index contributed by atoms with van der Waals surface area (Å²) in [5.41, 5.74) is -0.0143. The lowest BCUT2D eigenvalue weighted by Crippen LogP contribution is -2.52. The molecule has 1 saturated heterocycles. The summed E-state index contributed by atoms with van der Waals surface area (Å²) in [6.45, 7) is 4.13. The van der Waals surface area contributed by atoms with Gasteiger partial charge in [-0.3, -0.25) is 4.79 Å². The van der Waals surface area contributed by atoms with E-state index in [4.69, 9.17) is 0 Å². The first-order valence-corrected chi connectivity index (χ1v) is 6.60. The fourth-order valence-corrected chi connectivity index (χ4v) is 2.76. The second kappa shape index (κ2) is 6.38. The summed E-state index contributed by atoms with van der Waals surface area (Å²) >= 11 is 1.64. The van der Waals surface area contributed by atoms with E-state index in [0.717, 1.165) is 30.8 Å². The van der Waals surface area contributed by atoms with Crippen LogP contribution in [0.5, 0.6) is 0 Å². The third-order valence-corrected chi connectivity index (χ3v) is 3.94. The predicted molar refractivity (Wildman–Crippen MR) is 73.9 cm³/mol. The van der Waals surface area contributed by atoms with Gasteiger partial charge in [0.15, 0.2) is 0 Å². The number of amides is 1. The second-order valence-corrected chi connectivity index (χ2v) is 5.65. The van der Waals surface area contributed by atoms with Gasteiger partial charge in [-0.2, -0.15) is 0 Å². The molecule has 0 spiro atoms. The molecule has 17 heavy (non-hydrogen) atoms. The van der Waals surface area contributed by atoms with Gasteiger partial charge in [-0.05, 0) is 44.3 Å².